The molecule has 13 heteroatoms. The molecule has 1 fully saturated rings. The molecule has 0 saturated heterocycles. The van der Waals surface area contributed by atoms with E-state index in [4.69, 9.17) is 38.8 Å². The number of amides is 2. The molecule has 11 nitrogen and oxygen atoms in total. The van der Waals surface area contributed by atoms with Gasteiger partial charge in [-0.2, -0.15) is 0 Å². The van der Waals surface area contributed by atoms with E-state index in [0.29, 0.717) is 38.5 Å². The van der Waals surface area contributed by atoms with E-state index in [0.717, 1.165) is 5.57 Å². The zero-order valence-electron chi connectivity index (χ0n) is 25.9. The number of carbonyl (C=O) groups is 4. The van der Waals surface area contributed by atoms with E-state index in [-0.39, 0.29) is 22.9 Å². The van der Waals surface area contributed by atoms with Crippen molar-refractivity contribution in [1.29, 1.82) is 0 Å². The fourth-order valence-electron chi connectivity index (χ4n) is 4.58. The monoisotopic (exact) mass is 672 g/mol. The largest absolute Gasteiger partial charge is 0.481 e. The normalized spacial score (nSPS) is 21.9. The van der Waals surface area contributed by atoms with Gasteiger partial charge in [0.1, 0.15) is 17.6 Å². The molecule has 1 saturated carbocycles. The summed E-state index contributed by atoms with van der Waals surface area (Å²) in [6, 6.07) is -0.0874. The van der Waals surface area contributed by atoms with Crippen LogP contribution in [0.2, 0.25) is 0 Å². The highest BCUT2D eigenvalue weighted by Crippen LogP contribution is 2.26. The minimum absolute atomic E-state index is 0.0874. The number of rotatable bonds is 19. The third kappa shape index (κ3) is 15.3. The number of carbonyl (C=O) groups excluding carboxylic acids is 3. The van der Waals surface area contributed by atoms with Gasteiger partial charge in [0, 0.05) is 29.8 Å². The summed E-state index contributed by atoms with van der Waals surface area (Å²) < 4.78 is 4.89. The van der Waals surface area contributed by atoms with Crippen LogP contribution in [0.5, 0.6) is 0 Å². The minimum Gasteiger partial charge on any atom is -0.481 e. The number of Topliss-reactive ketones (excluding diaryl/α,β-unsaturated/α-hetero) is 1. The van der Waals surface area contributed by atoms with Gasteiger partial charge in [0.05, 0.1) is 18.1 Å². The van der Waals surface area contributed by atoms with Gasteiger partial charge < -0.3 is 36.2 Å². The van der Waals surface area contributed by atoms with Crippen LogP contribution in [0.1, 0.15) is 65.7 Å². The Bertz CT molecular complexity index is 1150. The van der Waals surface area contributed by atoms with E-state index in [1.807, 2.05) is 26.0 Å². The summed E-state index contributed by atoms with van der Waals surface area (Å²) in [4.78, 5) is 46.9. The lowest BCUT2D eigenvalue weighted by Crippen LogP contribution is -2.43. The Labute approximate surface area is 274 Å². The molecule has 1 aliphatic carbocycles. The number of alkyl halides is 1. The standard InChI is InChI=1S/C32H46Cl2N2O9/c1-4-5-13-26(45-32(35)44)28(34)24(37)18-25(38)30(41)29(40)20(3)23(33)12-8-6-10-19(2)11-7-9-14-27(39)36-22-16-15-21(17-22)31(42)43/h5-8,10-13,20-22,24,26,28-30,37,40-41H,4,9,14-18H2,1-3H3,(H2,35,44)(H,36,39)(H,42,43)/b8-6+,11-7+,13-5+,19-10+,23-12-/t20-,21-,22+,24-,26-,28+,29-,30-/m1/s1. The Morgan fingerprint density at radius 1 is 1.09 bits per heavy atom. The number of aliphatic hydroxyl groups is 3. The number of aliphatic carboxylic acids is 1. The number of hydrogen-bond donors (Lipinski definition) is 6. The molecule has 0 aromatic rings. The van der Waals surface area contributed by atoms with E-state index >= 15 is 0 Å². The molecule has 252 valence electrons. The van der Waals surface area contributed by atoms with Gasteiger partial charge in [-0.1, -0.05) is 67.5 Å². The molecular formula is C32H46Cl2N2O9. The van der Waals surface area contributed by atoms with Crippen LogP contribution >= 0.6 is 23.2 Å². The number of ether oxygens (including phenoxy) is 1. The maximum absolute atomic E-state index is 12.6. The van der Waals surface area contributed by atoms with Crippen molar-refractivity contribution >= 4 is 47.0 Å². The van der Waals surface area contributed by atoms with Crippen LogP contribution in [0, 0.1) is 11.8 Å². The lowest BCUT2D eigenvalue weighted by molar-refractivity contribution is -0.141. The van der Waals surface area contributed by atoms with Crippen molar-refractivity contribution in [3.8, 4) is 0 Å². The summed E-state index contributed by atoms with van der Waals surface area (Å²) in [5.41, 5.74) is 5.95. The van der Waals surface area contributed by atoms with Crippen molar-refractivity contribution in [3.05, 3.63) is 59.2 Å². The van der Waals surface area contributed by atoms with Gasteiger partial charge in [-0.25, -0.2) is 4.79 Å². The third-order valence-electron chi connectivity index (χ3n) is 7.30. The Morgan fingerprint density at radius 2 is 1.76 bits per heavy atom. The van der Waals surface area contributed by atoms with Crippen LogP contribution in [-0.2, 0) is 19.1 Å². The number of hydrogen-bond acceptors (Lipinski definition) is 8. The van der Waals surface area contributed by atoms with Crippen LogP contribution in [0.4, 0.5) is 4.79 Å². The van der Waals surface area contributed by atoms with Crippen LogP contribution < -0.4 is 11.1 Å². The Balaban J connectivity index is 2.57. The average Bonchev–Trinajstić information content (AvgIpc) is 3.46. The lowest BCUT2D eigenvalue weighted by atomic mass is 9.93. The number of ketones is 1. The van der Waals surface area contributed by atoms with Crippen molar-refractivity contribution in [1.82, 2.24) is 5.32 Å². The van der Waals surface area contributed by atoms with Crippen LogP contribution in [0.15, 0.2) is 59.2 Å². The molecule has 1 rings (SSSR count). The number of primary amides is 1. The van der Waals surface area contributed by atoms with Crippen molar-refractivity contribution in [2.75, 3.05) is 0 Å². The Kier molecular flexibility index (Phi) is 18.7. The van der Waals surface area contributed by atoms with Gasteiger partial charge >= 0.3 is 12.1 Å². The first-order valence-electron chi connectivity index (χ1n) is 14.9. The third-order valence-corrected chi connectivity index (χ3v) is 8.31. The summed E-state index contributed by atoms with van der Waals surface area (Å²) in [6.45, 7) is 5.23. The molecule has 0 unspecified atom stereocenters. The number of halogens is 2. The maximum Gasteiger partial charge on any atom is 0.405 e. The second-order valence-electron chi connectivity index (χ2n) is 11.0. The van der Waals surface area contributed by atoms with Gasteiger partial charge in [0.2, 0.25) is 5.91 Å². The number of allylic oxidation sites excluding steroid dienone is 8. The molecule has 0 aliphatic heterocycles. The summed E-state index contributed by atoms with van der Waals surface area (Å²) in [7, 11) is 0. The summed E-state index contributed by atoms with van der Waals surface area (Å²) in [5.74, 6) is -3.02. The summed E-state index contributed by atoms with van der Waals surface area (Å²) in [5, 5.41) is 42.2. The first-order chi connectivity index (χ1) is 21.2. The number of carboxylic acids is 1. The second kappa shape index (κ2) is 21.0. The summed E-state index contributed by atoms with van der Waals surface area (Å²) >= 11 is 12.5. The first kappa shape index (κ1) is 40.1. The average molecular weight is 674 g/mol. The Morgan fingerprint density at radius 3 is 2.36 bits per heavy atom. The number of carboxylic acid groups (broad SMARTS) is 1. The predicted octanol–water partition coefficient (Wildman–Crippen LogP) is 4.03. The highest BCUT2D eigenvalue weighted by Gasteiger charge is 2.35. The van der Waals surface area contributed by atoms with Crippen molar-refractivity contribution in [2.45, 2.75) is 102 Å². The molecule has 0 heterocycles. The molecule has 0 spiro atoms. The van der Waals surface area contributed by atoms with E-state index in [1.165, 1.54) is 19.1 Å². The molecule has 0 aromatic carbocycles. The number of nitrogens with two attached hydrogens (primary N) is 1. The van der Waals surface area contributed by atoms with Crippen molar-refractivity contribution in [2.24, 2.45) is 17.6 Å². The first-order valence-corrected chi connectivity index (χ1v) is 15.7. The molecule has 7 N–H and O–H groups in total. The highest BCUT2D eigenvalue weighted by atomic mass is 35.5. The van der Waals surface area contributed by atoms with Crippen molar-refractivity contribution in [3.63, 3.8) is 0 Å². The van der Waals surface area contributed by atoms with Gasteiger partial charge in [-0.05, 0) is 51.2 Å². The molecule has 0 bridgehead atoms. The zero-order chi connectivity index (χ0) is 34.1. The lowest BCUT2D eigenvalue weighted by Gasteiger charge is -2.26. The van der Waals surface area contributed by atoms with Crippen molar-refractivity contribution < 1.29 is 44.3 Å². The SMILES string of the molecule is CC/C=C/[C@@H](OC(N)=O)[C@@H](Cl)[C@H](O)CC(=O)[C@@H](O)[C@H](O)[C@H](C)/C(Cl)=C/C=C/C=C(C)/C=C/CCC(=O)N[C@H]1CC[C@@H](C(=O)O)C1. The van der Waals surface area contributed by atoms with Crippen LogP contribution in [-0.4, -0.2) is 80.0 Å². The van der Waals surface area contributed by atoms with Gasteiger partial charge in [-0.15, -0.1) is 11.6 Å². The molecule has 2 amide bonds. The fraction of sp³-hybridized carbons (Fsp3) is 0.562. The quantitative estimate of drug-likeness (QED) is 0.0666. The molecular weight excluding hydrogens is 627 g/mol. The van der Waals surface area contributed by atoms with E-state index in [9.17, 15) is 34.5 Å². The molecule has 1 aliphatic rings. The van der Waals surface area contributed by atoms with Crippen LogP contribution in [0.25, 0.3) is 0 Å². The van der Waals surface area contributed by atoms with E-state index in [2.05, 4.69) is 5.32 Å². The topological polar surface area (TPSA) is 196 Å². The van der Waals surface area contributed by atoms with Crippen LogP contribution in [0.3, 0.4) is 0 Å². The second-order valence-corrected chi connectivity index (χ2v) is 12.0. The fourth-order valence-corrected chi connectivity index (χ4v) is 5.01. The highest BCUT2D eigenvalue weighted by molar-refractivity contribution is 6.30. The Hall–Kier alpha value is -2.96. The molecule has 0 aromatic heterocycles. The van der Waals surface area contributed by atoms with Gasteiger partial charge in [0.25, 0.3) is 0 Å². The molecule has 45 heavy (non-hydrogen) atoms. The molecule has 8 atom stereocenters. The summed E-state index contributed by atoms with van der Waals surface area (Å²) in [6.07, 6.45) is 8.83. The maximum atomic E-state index is 12.6. The molecule has 0 radical (unpaired) electrons. The number of nitrogens with one attached hydrogen (secondary N) is 1. The van der Waals surface area contributed by atoms with E-state index in [1.54, 1.807) is 24.3 Å². The number of aliphatic hydroxyl groups excluding tert-OH is 3. The van der Waals surface area contributed by atoms with E-state index < -0.39 is 60.0 Å². The van der Waals surface area contributed by atoms with Gasteiger partial charge in [-0.3, -0.25) is 14.4 Å². The van der Waals surface area contributed by atoms with Gasteiger partial charge in [0.15, 0.2) is 5.78 Å². The minimum atomic E-state index is -1.86. The smallest absolute Gasteiger partial charge is 0.405 e. The predicted molar refractivity (Wildman–Crippen MR) is 172 cm³/mol. The zero-order valence-corrected chi connectivity index (χ0v) is 27.4.